The molecule has 0 bridgehead atoms. The van der Waals surface area contributed by atoms with Crippen LogP contribution in [0.3, 0.4) is 0 Å². The number of hydrogen-bond acceptors (Lipinski definition) is 3. The highest BCUT2D eigenvalue weighted by Crippen LogP contribution is 2.19. The molecule has 1 aromatic carbocycles. The van der Waals surface area contributed by atoms with Crippen molar-refractivity contribution >= 4 is 17.5 Å². The second kappa shape index (κ2) is 7.95. The molecule has 22 heavy (non-hydrogen) atoms. The summed E-state index contributed by atoms with van der Waals surface area (Å²) in [4.78, 5) is 14.7. The van der Waals surface area contributed by atoms with E-state index in [0.717, 1.165) is 31.5 Å². The Kier molecular flexibility index (Phi) is 6.24. The van der Waals surface area contributed by atoms with Crippen LogP contribution in [0.2, 0.25) is 5.02 Å². The molecule has 1 heterocycles. The molecule has 0 aromatic heterocycles. The average Bonchev–Trinajstić information content (AvgIpc) is 2.93. The topological polar surface area (TPSA) is 58.4 Å². The molecule has 1 saturated heterocycles. The van der Waals surface area contributed by atoms with Gasteiger partial charge in [-0.25, -0.2) is 0 Å². The second-order valence-electron chi connectivity index (χ2n) is 6.41. The molecule has 5 heteroatoms. The zero-order chi connectivity index (χ0) is 16.1. The standard InChI is InChI=1S/C17H26ClN3O/c1-12(2)15(19)11-21-8-4-7-16(21)17(22)20-10-13-5-3-6-14(18)9-13/h3,5-6,9,12,15-16H,4,7-8,10-11,19H2,1-2H3,(H,20,22)/t15-,16-/m0/s1. The fourth-order valence-electron chi connectivity index (χ4n) is 2.78. The quantitative estimate of drug-likeness (QED) is 0.845. The van der Waals surface area contributed by atoms with E-state index in [1.165, 1.54) is 0 Å². The van der Waals surface area contributed by atoms with E-state index in [1.54, 1.807) is 0 Å². The molecule has 4 nitrogen and oxygen atoms in total. The maximum atomic E-state index is 12.4. The van der Waals surface area contributed by atoms with Crippen molar-refractivity contribution in [2.24, 2.45) is 11.7 Å². The van der Waals surface area contributed by atoms with Crippen LogP contribution in [0.1, 0.15) is 32.3 Å². The van der Waals surface area contributed by atoms with Gasteiger partial charge in [0, 0.05) is 24.2 Å². The normalized spacial score (nSPS) is 20.3. The summed E-state index contributed by atoms with van der Waals surface area (Å²) < 4.78 is 0. The van der Waals surface area contributed by atoms with Gasteiger partial charge in [0.2, 0.25) is 5.91 Å². The predicted molar refractivity (Wildman–Crippen MR) is 90.7 cm³/mol. The van der Waals surface area contributed by atoms with Gasteiger partial charge in [-0.05, 0) is 43.0 Å². The molecule has 3 N–H and O–H groups in total. The number of rotatable bonds is 6. The van der Waals surface area contributed by atoms with Crippen LogP contribution < -0.4 is 11.1 Å². The summed E-state index contributed by atoms with van der Waals surface area (Å²) in [5, 5.41) is 3.71. The summed E-state index contributed by atoms with van der Waals surface area (Å²) in [7, 11) is 0. The van der Waals surface area contributed by atoms with Crippen molar-refractivity contribution in [3.05, 3.63) is 34.9 Å². The van der Waals surface area contributed by atoms with E-state index < -0.39 is 0 Å². The van der Waals surface area contributed by atoms with Crippen LogP contribution in [0.4, 0.5) is 0 Å². The fraction of sp³-hybridized carbons (Fsp3) is 0.588. The Labute approximate surface area is 138 Å². The number of nitrogens with zero attached hydrogens (tertiary/aromatic N) is 1. The lowest BCUT2D eigenvalue weighted by molar-refractivity contribution is -0.125. The zero-order valence-corrected chi connectivity index (χ0v) is 14.1. The number of nitrogens with one attached hydrogen (secondary N) is 1. The summed E-state index contributed by atoms with van der Waals surface area (Å²) in [5.41, 5.74) is 7.17. The van der Waals surface area contributed by atoms with Crippen LogP contribution in [-0.4, -0.2) is 36.0 Å². The lowest BCUT2D eigenvalue weighted by Gasteiger charge is -2.28. The van der Waals surface area contributed by atoms with Crippen molar-refractivity contribution in [2.75, 3.05) is 13.1 Å². The third-order valence-corrected chi connectivity index (χ3v) is 4.56. The number of benzene rings is 1. The molecule has 0 aliphatic carbocycles. The summed E-state index contributed by atoms with van der Waals surface area (Å²) in [6.45, 7) is 6.49. The van der Waals surface area contributed by atoms with Crippen molar-refractivity contribution in [3.63, 3.8) is 0 Å². The molecule has 2 rings (SSSR count). The van der Waals surface area contributed by atoms with Gasteiger partial charge in [-0.3, -0.25) is 9.69 Å². The van der Waals surface area contributed by atoms with Gasteiger partial charge in [0.15, 0.2) is 0 Å². The number of nitrogens with two attached hydrogens (primary N) is 1. The molecular weight excluding hydrogens is 298 g/mol. The molecule has 1 fully saturated rings. The lowest BCUT2D eigenvalue weighted by Crippen LogP contribution is -2.48. The maximum Gasteiger partial charge on any atom is 0.237 e. The van der Waals surface area contributed by atoms with E-state index in [-0.39, 0.29) is 18.0 Å². The van der Waals surface area contributed by atoms with Crippen molar-refractivity contribution < 1.29 is 4.79 Å². The van der Waals surface area contributed by atoms with Gasteiger partial charge >= 0.3 is 0 Å². The van der Waals surface area contributed by atoms with Gasteiger partial charge in [-0.2, -0.15) is 0 Å². The molecule has 122 valence electrons. The number of likely N-dealkylation sites (tertiary alicyclic amines) is 1. The number of carbonyl (C=O) groups excluding carboxylic acids is 1. The minimum absolute atomic E-state index is 0.0519. The van der Waals surface area contributed by atoms with Crippen LogP contribution in [-0.2, 0) is 11.3 Å². The molecule has 1 aromatic rings. The zero-order valence-electron chi connectivity index (χ0n) is 13.4. The number of amides is 1. The Hall–Kier alpha value is -1.10. The van der Waals surface area contributed by atoms with Crippen LogP contribution >= 0.6 is 11.6 Å². The molecule has 0 radical (unpaired) electrons. The summed E-state index contributed by atoms with van der Waals surface area (Å²) in [5.74, 6) is 0.518. The van der Waals surface area contributed by atoms with Crippen molar-refractivity contribution in [1.29, 1.82) is 0 Å². The molecular formula is C17H26ClN3O. The lowest BCUT2D eigenvalue weighted by atomic mass is 10.0. The minimum atomic E-state index is -0.0519. The van der Waals surface area contributed by atoms with Crippen molar-refractivity contribution in [1.82, 2.24) is 10.2 Å². The van der Waals surface area contributed by atoms with Crippen LogP contribution in [0, 0.1) is 5.92 Å². The van der Waals surface area contributed by atoms with Gasteiger partial charge in [0.05, 0.1) is 6.04 Å². The monoisotopic (exact) mass is 323 g/mol. The van der Waals surface area contributed by atoms with E-state index in [9.17, 15) is 4.79 Å². The van der Waals surface area contributed by atoms with Crippen LogP contribution in [0.15, 0.2) is 24.3 Å². The highest BCUT2D eigenvalue weighted by Gasteiger charge is 2.31. The summed E-state index contributed by atoms with van der Waals surface area (Å²) in [6, 6.07) is 7.63. The van der Waals surface area contributed by atoms with Gasteiger partial charge in [-0.1, -0.05) is 37.6 Å². The Morgan fingerprint density at radius 3 is 2.95 bits per heavy atom. The average molecular weight is 324 g/mol. The van der Waals surface area contributed by atoms with Crippen LogP contribution in [0.25, 0.3) is 0 Å². The van der Waals surface area contributed by atoms with Crippen molar-refractivity contribution in [3.8, 4) is 0 Å². The predicted octanol–water partition coefficient (Wildman–Crippen LogP) is 2.40. The van der Waals surface area contributed by atoms with Crippen LogP contribution in [0.5, 0.6) is 0 Å². The molecule has 0 unspecified atom stereocenters. The largest absolute Gasteiger partial charge is 0.351 e. The Morgan fingerprint density at radius 1 is 1.50 bits per heavy atom. The molecule has 2 atom stereocenters. The maximum absolute atomic E-state index is 12.4. The summed E-state index contributed by atoms with van der Waals surface area (Å²) in [6.07, 6.45) is 1.96. The minimum Gasteiger partial charge on any atom is -0.351 e. The van der Waals surface area contributed by atoms with E-state index in [4.69, 9.17) is 17.3 Å². The Morgan fingerprint density at radius 2 is 2.27 bits per heavy atom. The van der Waals surface area contributed by atoms with E-state index in [2.05, 4.69) is 24.1 Å². The molecule has 1 aliphatic rings. The highest BCUT2D eigenvalue weighted by atomic mass is 35.5. The smallest absolute Gasteiger partial charge is 0.237 e. The Bertz CT molecular complexity index is 506. The van der Waals surface area contributed by atoms with Gasteiger partial charge in [-0.15, -0.1) is 0 Å². The first kappa shape index (κ1) is 17.3. The number of carbonyl (C=O) groups is 1. The van der Waals surface area contributed by atoms with Gasteiger partial charge in [0.1, 0.15) is 0 Å². The first-order valence-electron chi connectivity index (χ1n) is 7.99. The second-order valence-corrected chi connectivity index (χ2v) is 6.84. The number of halogens is 1. The first-order chi connectivity index (χ1) is 10.5. The third kappa shape index (κ3) is 4.70. The third-order valence-electron chi connectivity index (χ3n) is 4.32. The molecule has 0 saturated carbocycles. The van der Waals surface area contributed by atoms with Gasteiger partial charge in [0.25, 0.3) is 0 Å². The SMILES string of the molecule is CC(C)[C@@H](N)CN1CCC[C@H]1C(=O)NCc1cccc(Cl)c1. The fourth-order valence-corrected chi connectivity index (χ4v) is 2.99. The molecule has 1 amide bonds. The molecule has 1 aliphatic heterocycles. The number of hydrogen-bond donors (Lipinski definition) is 2. The van der Waals surface area contributed by atoms with E-state index >= 15 is 0 Å². The van der Waals surface area contributed by atoms with E-state index in [0.29, 0.717) is 17.5 Å². The summed E-state index contributed by atoms with van der Waals surface area (Å²) >= 11 is 5.96. The Balaban J connectivity index is 1.88. The first-order valence-corrected chi connectivity index (χ1v) is 8.37. The van der Waals surface area contributed by atoms with Crippen molar-refractivity contribution in [2.45, 2.75) is 45.3 Å². The highest BCUT2D eigenvalue weighted by molar-refractivity contribution is 6.30. The van der Waals surface area contributed by atoms with Gasteiger partial charge < -0.3 is 11.1 Å². The van der Waals surface area contributed by atoms with E-state index in [1.807, 2.05) is 24.3 Å². The molecule has 0 spiro atoms.